The molecule has 3 heteroatoms. The van der Waals surface area contributed by atoms with E-state index in [0.29, 0.717) is 18.4 Å². The van der Waals surface area contributed by atoms with Gasteiger partial charge in [0.25, 0.3) is 0 Å². The molecule has 0 radical (unpaired) electrons. The lowest BCUT2D eigenvalue weighted by Crippen LogP contribution is -2.38. The molecule has 2 fully saturated rings. The lowest BCUT2D eigenvalue weighted by atomic mass is 9.92. The zero-order valence-corrected chi connectivity index (χ0v) is 13.8. The molecule has 3 atom stereocenters. The smallest absolute Gasteiger partial charge is 0.226 e. The number of carbonyl (C=O) groups is 1. The number of rotatable bonds is 3. The largest absolute Gasteiger partial charge is 0.335 e. The fourth-order valence-electron chi connectivity index (χ4n) is 4.35. The van der Waals surface area contributed by atoms with Gasteiger partial charge in [0.15, 0.2) is 0 Å². The number of nitrogens with zero attached hydrogens (tertiary/aromatic N) is 1. The second kappa shape index (κ2) is 6.41. The zero-order chi connectivity index (χ0) is 15.7. The first kappa shape index (κ1) is 15.5. The summed E-state index contributed by atoms with van der Waals surface area (Å²) >= 11 is 0. The van der Waals surface area contributed by atoms with Crippen LogP contribution in [0, 0.1) is 25.7 Å². The Morgan fingerprint density at radius 3 is 2.82 bits per heavy atom. The van der Waals surface area contributed by atoms with E-state index < -0.39 is 0 Å². The molecule has 1 aliphatic heterocycles. The van der Waals surface area contributed by atoms with Gasteiger partial charge in [0.2, 0.25) is 5.91 Å². The Morgan fingerprint density at radius 1 is 1.23 bits per heavy atom. The van der Waals surface area contributed by atoms with Crippen LogP contribution < -0.4 is 5.73 Å². The van der Waals surface area contributed by atoms with E-state index in [-0.39, 0.29) is 12.0 Å². The van der Waals surface area contributed by atoms with Gasteiger partial charge in [-0.3, -0.25) is 4.79 Å². The van der Waals surface area contributed by atoms with Crippen molar-refractivity contribution in [2.75, 3.05) is 13.1 Å². The average molecular weight is 300 g/mol. The Morgan fingerprint density at radius 2 is 2.05 bits per heavy atom. The van der Waals surface area contributed by atoms with E-state index in [0.717, 1.165) is 38.6 Å². The van der Waals surface area contributed by atoms with Crippen molar-refractivity contribution in [3.05, 3.63) is 34.9 Å². The number of benzene rings is 1. The monoisotopic (exact) mass is 300 g/mol. The van der Waals surface area contributed by atoms with E-state index in [1.165, 1.54) is 16.7 Å². The van der Waals surface area contributed by atoms with Crippen LogP contribution in [0.4, 0.5) is 0 Å². The third kappa shape index (κ3) is 2.67. The molecule has 3 nitrogen and oxygen atoms in total. The third-order valence-electron chi connectivity index (χ3n) is 5.82. The van der Waals surface area contributed by atoms with Crippen LogP contribution in [0.2, 0.25) is 0 Å². The van der Waals surface area contributed by atoms with E-state index in [4.69, 9.17) is 5.73 Å². The Hall–Kier alpha value is -1.35. The quantitative estimate of drug-likeness (QED) is 0.930. The highest BCUT2D eigenvalue weighted by Crippen LogP contribution is 2.39. The fraction of sp³-hybridized carbons (Fsp3) is 0.632. The molecule has 2 aliphatic rings. The van der Waals surface area contributed by atoms with Crippen LogP contribution >= 0.6 is 0 Å². The van der Waals surface area contributed by atoms with Gasteiger partial charge in [-0.15, -0.1) is 0 Å². The number of hydrogen-bond acceptors (Lipinski definition) is 2. The van der Waals surface area contributed by atoms with Gasteiger partial charge in [-0.1, -0.05) is 24.6 Å². The van der Waals surface area contributed by atoms with Gasteiger partial charge in [0, 0.05) is 12.5 Å². The Labute approximate surface area is 133 Å². The SMILES string of the molecule is Cc1cccc(C2CCCN2C(=O)[C@@H]2CCC[C@@H]2CN)c1C. The Bertz CT molecular complexity index is 554. The number of amides is 1. The van der Waals surface area contributed by atoms with Crippen molar-refractivity contribution < 1.29 is 4.79 Å². The summed E-state index contributed by atoms with van der Waals surface area (Å²) in [5.41, 5.74) is 9.88. The van der Waals surface area contributed by atoms with Crippen molar-refractivity contribution in [2.24, 2.45) is 17.6 Å². The van der Waals surface area contributed by atoms with Crippen LogP contribution in [0.1, 0.15) is 54.8 Å². The van der Waals surface area contributed by atoms with Crippen molar-refractivity contribution in [3.8, 4) is 0 Å². The minimum absolute atomic E-state index is 0.163. The van der Waals surface area contributed by atoms with Gasteiger partial charge in [0.1, 0.15) is 0 Å². The van der Waals surface area contributed by atoms with Crippen LogP contribution in [0.15, 0.2) is 18.2 Å². The fourth-order valence-corrected chi connectivity index (χ4v) is 4.35. The first-order valence-corrected chi connectivity index (χ1v) is 8.70. The summed E-state index contributed by atoms with van der Waals surface area (Å²) in [6.07, 6.45) is 5.51. The van der Waals surface area contributed by atoms with Crippen LogP contribution in [0.3, 0.4) is 0 Å². The molecule has 0 aromatic heterocycles. The van der Waals surface area contributed by atoms with Crippen molar-refractivity contribution >= 4 is 5.91 Å². The van der Waals surface area contributed by atoms with Gasteiger partial charge in [-0.2, -0.15) is 0 Å². The summed E-state index contributed by atoms with van der Waals surface area (Å²) in [6.45, 7) is 5.90. The molecular weight excluding hydrogens is 272 g/mol. The van der Waals surface area contributed by atoms with Crippen LogP contribution in [0.5, 0.6) is 0 Å². The maximum atomic E-state index is 13.1. The van der Waals surface area contributed by atoms with E-state index in [2.05, 4.69) is 36.9 Å². The molecule has 1 amide bonds. The highest BCUT2D eigenvalue weighted by molar-refractivity contribution is 5.80. The van der Waals surface area contributed by atoms with E-state index >= 15 is 0 Å². The first-order chi connectivity index (χ1) is 10.6. The molecule has 1 heterocycles. The average Bonchev–Trinajstić information content (AvgIpc) is 3.17. The van der Waals surface area contributed by atoms with E-state index in [9.17, 15) is 4.79 Å². The van der Waals surface area contributed by atoms with Gasteiger partial charge in [-0.25, -0.2) is 0 Å². The molecular formula is C19H28N2O. The number of hydrogen-bond donors (Lipinski definition) is 1. The van der Waals surface area contributed by atoms with Crippen molar-refractivity contribution in [2.45, 2.75) is 52.0 Å². The lowest BCUT2D eigenvalue weighted by Gasteiger charge is -2.31. The molecule has 1 aliphatic carbocycles. The zero-order valence-electron chi connectivity index (χ0n) is 13.8. The molecule has 0 spiro atoms. The van der Waals surface area contributed by atoms with Gasteiger partial charge in [0.05, 0.1) is 6.04 Å². The lowest BCUT2D eigenvalue weighted by molar-refractivity contribution is -0.137. The highest BCUT2D eigenvalue weighted by Gasteiger charge is 2.39. The molecule has 22 heavy (non-hydrogen) atoms. The number of likely N-dealkylation sites (tertiary alicyclic amines) is 1. The van der Waals surface area contributed by atoms with Gasteiger partial charge in [-0.05, 0) is 68.7 Å². The van der Waals surface area contributed by atoms with Crippen LogP contribution in [-0.2, 0) is 4.79 Å². The van der Waals surface area contributed by atoms with Gasteiger partial charge >= 0.3 is 0 Å². The molecule has 1 aromatic rings. The summed E-state index contributed by atoms with van der Waals surface area (Å²) < 4.78 is 0. The predicted octanol–water partition coefficient (Wildman–Crippen LogP) is 3.34. The van der Waals surface area contributed by atoms with Crippen molar-refractivity contribution in [3.63, 3.8) is 0 Å². The summed E-state index contributed by atoms with van der Waals surface area (Å²) in [4.78, 5) is 15.2. The van der Waals surface area contributed by atoms with Crippen LogP contribution in [0.25, 0.3) is 0 Å². The molecule has 3 rings (SSSR count). The number of nitrogens with two attached hydrogens (primary N) is 1. The second-order valence-electron chi connectivity index (χ2n) is 7.01. The minimum Gasteiger partial charge on any atom is -0.335 e. The molecule has 1 aromatic carbocycles. The third-order valence-corrected chi connectivity index (χ3v) is 5.82. The molecule has 120 valence electrons. The summed E-state index contributed by atoms with van der Waals surface area (Å²) in [7, 11) is 0. The topological polar surface area (TPSA) is 46.3 Å². The maximum absolute atomic E-state index is 13.1. The minimum atomic E-state index is 0.163. The summed E-state index contributed by atoms with van der Waals surface area (Å²) in [5.74, 6) is 0.916. The maximum Gasteiger partial charge on any atom is 0.226 e. The molecule has 1 saturated carbocycles. The molecule has 1 saturated heterocycles. The van der Waals surface area contributed by atoms with E-state index in [1.807, 2.05) is 0 Å². The Balaban J connectivity index is 1.84. The van der Waals surface area contributed by atoms with E-state index in [1.54, 1.807) is 0 Å². The predicted molar refractivity (Wildman–Crippen MR) is 89.5 cm³/mol. The number of carbonyl (C=O) groups excluding carboxylic acids is 1. The standard InChI is InChI=1S/C19H28N2O/c1-13-6-3-8-16(14(13)2)18-10-5-11-21(18)19(22)17-9-4-7-15(17)12-20/h3,6,8,15,17-18H,4-5,7,9-12,20H2,1-2H3/t15-,17-,18?/m1/s1. The van der Waals surface area contributed by atoms with Crippen molar-refractivity contribution in [1.29, 1.82) is 0 Å². The van der Waals surface area contributed by atoms with Gasteiger partial charge < -0.3 is 10.6 Å². The molecule has 2 N–H and O–H groups in total. The normalized spacial score (nSPS) is 28.3. The molecule has 1 unspecified atom stereocenters. The van der Waals surface area contributed by atoms with Crippen molar-refractivity contribution in [1.82, 2.24) is 4.90 Å². The second-order valence-corrected chi connectivity index (χ2v) is 7.01. The Kier molecular flexibility index (Phi) is 4.53. The summed E-state index contributed by atoms with van der Waals surface area (Å²) in [6, 6.07) is 6.75. The summed E-state index contributed by atoms with van der Waals surface area (Å²) in [5, 5.41) is 0. The first-order valence-electron chi connectivity index (χ1n) is 8.70. The highest BCUT2D eigenvalue weighted by atomic mass is 16.2. The van der Waals surface area contributed by atoms with Crippen LogP contribution in [-0.4, -0.2) is 23.9 Å². The molecule has 0 bridgehead atoms. The number of aryl methyl sites for hydroxylation is 1.